The van der Waals surface area contributed by atoms with Gasteiger partial charge in [0.05, 0.1) is 7.11 Å². The number of halogens is 3. The van der Waals surface area contributed by atoms with Crippen LogP contribution in [0.3, 0.4) is 0 Å². The number of hydrogen-bond donors (Lipinski definition) is 1. The first-order valence-electron chi connectivity index (χ1n) is 7.56. The van der Waals surface area contributed by atoms with Gasteiger partial charge in [0.15, 0.2) is 5.60 Å². The highest BCUT2D eigenvalue weighted by atomic mass is 19.4. The Morgan fingerprint density at radius 2 is 1.72 bits per heavy atom. The van der Waals surface area contributed by atoms with Gasteiger partial charge in [0.1, 0.15) is 12.1 Å². The van der Waals surface area contributed by atoms with Crippen molar-refractivity contribution in [3.63, 3.8) is 0 Å². The molecule has 0 aliphatic carbocycles. The maximum absolute atomic E-state index is 13.0. The van der Waals surface area contributed by atoms with E-state index in [1.54, 1.807) is 44.4 Å². The Bertz CT molecular complexity index is 729. The first kappa shape index (κ1) is 19.2. The number of ether oxygens (including phenoxy) is 1. The first-order valence-corrected chi connectivity index (χ1v) is 7.56. The van der Waals surface area contributed by atoms with Crippen LogP contribution in [0.2, 0.25) is 0 Å². The van der Waals surface area contributed by atoms with E-state index < -0.39 is 23.6 Å². The molecule has 2 rings (SSSR count). The smallest absolute Gasteiger partial charge is 0.417 e. The third-order valence-corrected chi connectivity index (χ3v) is 4.08. The van der Waals surface area contributed by atoms with Crippen molar-refractivity contribution in [2.24, 2.45) is 0 Å². The summed E-state index contributed by atoms with van der Waals surface area (Å²) in [6.07, 6.45) is -0.834. The fourth-order valence-corrected chi connectivity index (χ4v) is 2.79. The van der Waals surface area contributed by atoms with E-state index in [2.05, 4.69) is 16.9 Å². The third kappa shape index (κ3) is 4.10. The Labute approximate surface area is 144 Å². The van der Waals surface area contributed by atoms with E-state index in [0.717, 1.165) is 11.1 Å². The van der Waals surface area contributed by atoms with Gasteiger partial charge in [0, 0.05) is 23.5 Å². The number of alkyl halides is 3. The van der Waals surface area contributed by atoms with Gasteiger partial charge in [0.2, 0.25) is 0 Å². The van der Waals surface area contributed by atoms with Gasteiger partial charge in [-0.15, -0.1) is 0 Å². The zero-order valence-electron chi connectivity index (χ0n) is 14.3. The van der Waals surface area contributed by atoms with E-state index in [4.69, 9.17) is 4.74 Å². The zero-order chi connectivity index (χ0) is 18.9. The maximum atomic E-state index is 13.0. The molecule has 25 heavy (non-hydrogen) atoms. The summed E-state index contributed by atoms with van der Waals surface area (Å²) < 4.78 is 44.4. The molecule has 1 N–H and O–H groups in total. The second-order valence-corrected chi connectivity index (χ2v) is 6.63. The molecule has 4 nitrogen and oxygen atoms in total. The zero-order valence-corrected chi connectivity index (χ0v) is 14.3. The van der Waals surface area contributed by atoms with Crippen LogP contribution in [0.4, 0.5) is 13.2 Å². The second-order valence-electron chi connectivity index (χ2n) is 6.63. The first-order chi connectivity index (χ1) is 11.5. The molecule has 1 atom stereocenters. The molecular weight excluding hydrogens is 333 g/mol. The summed E-state index contributed by atoms with van der Waals surface area (Å²) in [7, 11) is 1.44. The number of methoxy groups -OCH3 is 1. The van der Waals surface area contributed by atoms with Crippen LogP contribution in [0, 0.1) is 6.92 Å². The third-order valence-electron chi connectivity index (χ3n) is 4.08. The van der Waals surface area contributed by atoms with Gasteiger partial charge in [-0.3, -0.25) is 0 Å². The van der Waals surface area contributed by atoms with Gasteiger partial charge < -0.3 is 9.84 Å². The molecule has 1 unspecified atom stereocenters. The van der Waals surface area contributed by atoms with Crippen LogP contribution < -0.4 is 4.74 Å². The lowest BCUT2D eigenvalue weighted by atomic mass is 9.74. The number of hydrogen-bond acceptors (Lipinski definition) is 4. The molecule has 0 bridgehead atoms. The van der Waals surface area contributed by atoms with Crippen LogP contribution in [-0.2, 0) is 5.41 Å². The highest BCUT2D eigenvalue weighted by molar-refractivity contribution is 5.65. The molecule has 135 valence electrons. The van der Waals surface area contributed by atoms with Gasteiger partial charge in [-0.1, -0.05) is 19.9 Å². The van der Waals surface area contributed by atoms with Crippen molar-refractivity contribution in [1.29, 1.82) is 0 Å². The highest BCUT2D eigenvalue weighted by Crippen LogP contribution is 2.43. The van der Waals surface area contributed by atoms with Crippen molar-refractivity contribution in [2.45, 2.75) is 37.5 Å². The van der Waals surface area contributed by atoms with E-state index in [1.807, 2.05) is 0 Å². The minimum atomic E-state index is -4.83. The summed E-state index contributed by atoms with van der Waals surface area (Å²) in [5.74, 6) is 0.434. The normalized spacial score (nSPS) is 14.9. The Kier molecular flexibility index (Phi) is 5.09. The van der Waals surface area contributed by atoms with Crippen LogP contribution in [-0.4, -0.2) is 34.0 Å². The van der Waals surface area contributed by atoms with Gasteiger partial charge in [0.25, 0.3) is 0 Å². The Hall–Kier alpha value is -2.15. The number of benzene rings is 1. The van der Waals surface area contributed by atoms with Crippen LogP contribution >= 0.6 is 0 Å². The number of nitrogens with zero attached hydrogens (tertiary/aromatic N) is 2. The van der Waals surface area contributed by atoms with Crippen LogP contribution in [0.5, 0.6) is 5.75 Å². The van der Waals surface area contributed by atoms with Crippen molar-refractivity contribution in [1.82, 2.24) is 9.97 Å². The second kappa shape index (κ2) is 6.63. The Morgan fingerprint density at radius 1 is 1.12 bits per heavy atom. The molecule has 0 spiro atoms. The molecule has 7 heteroatoms. The van der Waals surface area contributed by atoms with Crippen molar-refractivity contribution >= 4 is 0 Å². The molecule has 1 heterocycles. The lowest BCUT2D eigenvalue weighted by Crippen LogP contribution is -2.46. The molecule has 0 fully saturated rings. The van der Waals surface area contributed by atoms with E-state index >= 15 is 0 Å². The molecule has 0 aliphatic heterocycles. The largest absolute Gasteiger partial charge is 0.496 e. The minimum Gasteiger partial charge on any atom is -0.496 e. The Morgan fingerprint density at radius 3 is 2.24 bits per heavy atom. The van der Waals surface area contributed by atoms with Crippen LogP contribution in [0.25, 0.3) is 11.1 Å². The van der Waals surface area contributed by atoms with E-state index in [1.165, 1.54) is 13.4 Å². The summed E-state index contributed by atoms with van der Waals surface area (Å²) in [4.78, 5) is 7.89. The Balaban J connectivity index is 2.48. The van der Waals surface area contributed by atoms with Crippen LogP contribution in [0.1, 0.15) is 25.8 Å². The van der Waals surface area contributed by atoms with Crippen LogP contribution in [0.15, 0.2) is 36.9 Å². The maximum Gasteiger partial charge on any atom is 0.417 e. The minimum absolute atomic E-state index is 0.434. The topological polar surface area (TPSA) is 55.2 Å². The highest BCUT2D eigenvalue weighted by Gasteiger charge is 2.52. The average molecular weight is 353 g/mol. The van der Waals surface area contributed by atoms with Crippen molar-refractivity contribution in [2.75, 3.05) is 7.11 Å². The molecule has 2 aromatic rings. The number of aromatic nitrogens is 2. The standard InChI is InChI=1S/C18H20F3N2O2/c1-16(2,10-17(3,24)18(19,20)21)14-7-12(5-6-15(14)25-4)13-8-22-11-23-9-13/h5-9,11,24H,3,10H2,1-2,4H3. The van der Waals surface area contributed by atoms with Crippen molar-refractivity contribution < 1.29 is 23.0 Å². The van der Waals surface area contributed by atoms with Gasteiger partial charge in [-0.05, 0) is 36.5 Å². The monoisotopic (exact) mass is 353 g/mol. The van der Waals surface area contributed by atoms with Crippen molar-refractivity contribution in [3.05, 3.63) is 49.4 Å². The summed E-state index contributed by atoms with van der Waals surface area (Å²) in [6.45, 7) is 6.18. The van der Waals surface area contributed by atoms with Gasteiger partial charge in [-0.2, -0.15) is 13.2 Å². The summed E-state index contributed by atoms with van der Waals surface area (Å²) >= 11 is 0. The average Bonchev–Trinajstić information content (AvgIpc) is 2.53. The molecule has 1 aromatic carbocycles. The SMILES string of the molecule is [CH2]C(O)(CC(C)(C)c1cc(-c2cncnc2)ccc1OC)C(F)(F)F. The molecule has 0 amide bonds. The molecular formula is C18H20F3N2O2. The molecule has 0 aliphatic rings. The number of aliphatic hydroxyl groups is 1. The molecule has 0 saturated carbocycles. The van der Waals surface area contributed by atoms with Gasteiger partial charge >= 0.3 is 6.18 Å². The molecule has 1 radical (unpaired) electrons. The van der Waals surface area contributed by atoms with E-state index in [9.17, 15) is 18.3 Å². The lowest BCUT2D eigenvalue weighted by molar-refractivity contribution is -0.247. The predicted octanol–water partition coefficient (Wildman–Crippen LogP) is 3.95. The van der Waals surface area contributed by atoms with Gasteiger partial charge in [-0.25, -0.2) is 9.97 Å². The molecule has 0 saturated heterocycles. The predicted molar refractivity (Wildman–Crippen MR) is 88.0 cm³/mol. The summed E-state index contributed by atoms with van der Waals surface area (Å²) in [5.41, 5.74) is -2.12. The fraction of sp³-hybridized carbons (Fsp3) is 0.389. The summed E-state index contributed by atoms with van der Waals surface area (Å²) in [6, 6.07) is 5.18. The lowest BCUT2D eigenvalue weighted by Gasteiger charge is -2.36. The van der Waals surface area contributed by atoms with E-state index in [-0.39, 0.29) is 0 Å². The summed E-state index contributed by atoms with van der Waals surface area (Å²) in [5, 5.41) is 9.80. The van der Waals surface area contributed by atoms with E-state index in [0.29, 0.717) is 11.3 Å². The quantitative estimate of drug-likeness (QED) is 0.884. The van der Waals surface area contributed by atoms with Crippen molar-refractivity contribution in [3.8, 4) is 16.9 Å². The fourth-order valence-electron chi connectivity index (χ4n) is 2.79. The molecule has 1 aromatic heterocycles. The number of rotatable bonds is 5.